The van der Waals surface area contributed by atoms with Crippen molar-refractivity contribution in [3.05, 3.63) is 66.3 Å². The summed E-state index contributed by atoms with van der Waals surface area (Å²) >= 11 is 9.87. The van der Waals surface area contributed by atoms with Gasteiger partial charge in [0.2, 0.25) is 0 Å². The van der Waals surface area contributed by atoms with Crippen molar-refractivity contribution < 1.29 is 9.18 Å². The predicted octanol–water partition coefficient (Wildman–Crippen LogP) is 5.65. The fourth-order valence-electron chi connectivity index (χ4n) is 1.61. The van der Waals surface area contributed by atoms with Crippen molar-refractivity contribution in [2.24, 2.45) is 0 Å². The normalized spacial score (nSPS) is 10.6. The molecule has 0 bridgehead atoms. The van der Waals surface area contributed by atoms with Crippen LogP contribution in [0.4, 0.5) is 4.39 Å². The van der Waals surface area contributed by atoms with Crippen LogP contribution in [-0.4, -0.2) is 5.78 Å². The maximum absolute atomic E-state index is 13.2. The van der Waals surface area contributed by atoms with Crippen molar-refractivity contribution in [1.82, 2.24) is 0 Å². The lowest BCUT2D eigenvalue weighted by molar-refractivity contribution is 0.103. The minimum atomic E-state index is -0.388. The van der Waals surface area contributed by atoms with Crippen molar-refractivity contribution in [3.63, 3.8) is 0 Å². The molecule has 2 aromatic rings. The van der Waals surface area contributed by atoms with Gasteiger partial charge in [0.25, 0.3) is 0 Å². The van der Waals surface area contributed by atoms with Gasteiger partial charge in [-0.1, -0.05) is 31.9 Å². The Morgan fingerprint density at radius 1 is 1.00 bits per heavy atom. The quantitative estimate of drug-likeness (QED) is 0.540. The van der Waals surface area contributed by atoms with Gasteiger partial charge in [0, 0.05) is 20.1 Å². The van der Waals surface area contributed by atoms with E-state index >= 15 is 0 Å². The molecule has 98 valence electrons. The summed E-state index contributed by atoms with van der Waals surface area (Å²) in [4.78, 5) is 12.4. The van der Waals surface area contributed by atoms with E-state index < -0.39 is 0 Å². The van der Waals surface area contributed by atoms with Crippen LogP contribution in [0.25, 0.3) is 0 Å². The van der Waals surface area contributed by atoms with Crippen LogP contribution < -0.4 is 0 Å². The van der Waals surface area contributed by atoms with Crippen LogP contribution >= 0.6 is 47.8 Å². The van der Waals surface area contributed by atoms with Gasteiger partial charge in [-0.25, -0.2) is 4.39 Å². The number of aryl methyl sites for hydroxylation is 1. The number of hydrogen-bond acceptors (Lipinski definition) is 1. The molecule has 2 rings (SSSR count). The number of carbonyl (C=O) groups excluding carboxylic acids is 1. The van der Waals surface area contributed by atoms with Gasteiger partial charge in [0.05, 0.1) is 4.47 Å². The van der Waals surface area contributed by atoms with Crippen LogP contribution in [-0.2, 0) is 0 Å². The first-order valence-corrected chi connectivity index (χ1v) is 7.73. The Labute approximate surface area is 135 Å². The molecule has 1 nitrogen and oxygen atoms in total. The molecule has 0 amide bonds. The van der Waals surface area contributed by atoms with E-state index in [0.29, 0.717) is 11.1 Å². The third-order valence-electron chi connectivity index (χ3n) is 2.67. The topological polar surface area (TPSA) is 17.1 Å². The Bertz CT molecular complexity index is 668. The molecule has 0 aliphatic rings. The molecule has 0 saturated carbocycles. The zero-order valence-corrected chi connectivity index (χ0v) is 14.6. The first-order chi connectivity index (χ1) is 8.90. The van der Waals surface area contributed by atoms with Crippen LogP contribution in [0.3, 0.4) is 0 Å². The summed E-state index contributed by atoms with van der Waals surface area (Å²) in [5, 5.41) is 0. The van der Waals surface area contributed by atoms with Crippen LogP contribution in [0, 0.1) is 12.7 Å². The second-order valence-corrected chi connectivity index (χ2v) is 6.60. The summed E-state index contributed by atoms with van der Waals surface area (Å²) in [6.45, 7) is 1.94. The Kier molecular flexibility index (Phi) is 4.58. The molecule has 5 heteroatoms. The third kappa shape index (κ3) is 3.15. The van der Waals surface area contributed by atoms with Gasteiger partial charge in [-0.05, 0) is 58.7 Å². The molecule has 19 heavy (non-hydrogen) atoms. The van der Waals surface area contributed by atoms with Gasteiger partial charge in [-0.15, -0.1) is 0 Å². The number of hydrogen-bond donors (Lipinski definition) is 0. The lowest BCUT2D eigenvalue weighted by Crippen LogP contribution is -2.03. The van der Waals surface area contributed by atoms with Gasteiger partial charge in [0.15, 0.2) is 5.78 Å². The fraction of sp³-hybridized carbons (Fsp3) is 0.0714. The van der Waals surface area contributed by atoms with Crippen molar-refractivity contribution >= 4 is 53.6 Å². The number of benzene rings is 2. The minimum Gasteiger partial charge on any atom is -0.289 e. The highest BCUT2D eigenvalue weighted by Crippen LogP contribution is 2.28. The van der Waals surface area contributed by atoms with Crippen LogP contribution in [0.15, 0.2) is 43.7 Å². The molecular weight excluding hydrogens is 443 g/mol. The molecule has 0 unspecified atom stereocenters. The van der Waals surface area contributed by atoms with E-state index in [1.165, 1.54) is 18.2 Å². The van der Waals surface area contributed by atoms with E-state index in [1.807, 2.05) is 13.0 Å². The maximum atomic E-state index is 13.2. The van der Waals surface area contributed by atoms with Gasteiger partial charge < -0.3 is 0 Å². The lowest BCUT2D eigenvalue weighted by atomic mass is 10.0. The van der Waals surface area contributed by atoms with E-state index in [0.717, 1.165) is 14.5 Å². The van der Waals surface area contributed by atoms with Crippen molar-refractivity contribution in [2.45, 2.75) is 6.92 Å². The summed E-state index contributed by atoms with van der Waals surface area (Å²) in [7, 11) is 0. The van der Waals surface area contributed by atoms with Gasteiger partial charge >= 0.3 is 0 Å². The van der Waals surface area contributed by atoms with Crippen LogP contribution in [0.5, 0.6) is 0 Å². The van der Waals surface area contributed by atoms with E-state index in [2.05, 4.69) is 47.8 Å². The Morgan fingerprint density at radius 3 is 2.32 bits per heavy atom. The second kappa shape index (κ2) is 5.85. The van der Waals surface area contributed by atoms with Crippen molar-refractivity contribution in [3.8, 4) is 0 Å². The molecule has 0 aliphatic carbocycles. The highest BCUT2D eigenvalue weighted by molar-refractivity contribution is 9.11. The molecule has 0 spiro atoms. The molecule has 0 radical (unpaired) electrons. The monoisotopic (exact) mass is 448 g/mol. The van der Waals surface area contributed by atoms with Gasteiger partial charge in [0.1, 0.15) is 5.82 Å². The van der Waals surface area contributed by atoms with E-state index in [9.17, 15) is 9.18 Å². The number of ketones is 1. The Morgan fingerprint density at radius 2 is 1.68 bits per heavy atom. The van der Waals surface area contributed by atoms with E-state index in [4.69, 9.17) is 0 Å². The summed E-state index contributed by atoms with van der Waals surface area (Å²) in [5.41, 5.74) is 2.00. The van der Waals surface area contributed by atoms with Gasteiger partial charge in [-0.3, -0.25) is 4.79 Å². The second-order valence-electron chi connectivity index (χ2n) is 4.04. The third-order valence-corrected chi connectivity index (χ3v) is 4.79. The van der Waals surface area contributed by atoms with E-state index in [1.54, 1.807) is 6.07 Å². The standard InChI is InChI=1S/C14H8Br3FO/c1-7-4-11(16)9(6-10(7)15)14(19)8-2-3-13(18)12(17)5-8/h2-6H,1H3. The first-order valence-electron chi connectivity index (χ1n) is 5.35. The summed E-state index contributed by atoms with van der Waals surface area (Å²) in [6, 6.07) is 7.86. The molecule has 0 heterocycles. The largest absolute Gasteiger partial charge is 0.289 e. The molecule has 2 aromatic carbocycles. The zero-order chi connectivity index (χ0) is 14.2. The smallest absolute Gasteiger partial charge is 0.194 e. The lowest BCUT2D eigenvalue weighted by Gasteiger charge is -2.07. The zero-order valence-electron chi connectivity index (χ0n) is 9.81. The number of rotatable bonds is 2. The predicted molar refractivity (Wildman–Crippen MR) is 84.1 cm³/mol. The summed E-state index contributed by atoms with van der Waals surface area (Å²) in [6.07, 6.45) is 0. The molecule has 0 saturated heterocycles. The molecule has 0 aliphatic heterocycles. The van der Waals surface area contributed by atoms with Crippen molar-refractivity contribution in [1.29, 1.82) is 0 Å². The number of halogens is 4. The molecular formula is C14H8Br3FO. The van der Waals surface area contributed by atoms with Crippen LogP contribution in [0.2, 0.25) is 0 Å². The Hall–Kier alpha value is -0.520. The molecule has 0 N–H and O–H groups in total. The fourth-order valence-corrected chi connectivity index (χ4v) is 2.97. The average molecular weight is 451 g/mol. The minimum absolute atomic E-state index is 0.159. The molecule has 0 fully saturated rings. The number of carbonyl (C=O) groups is 1. The summed E-state index contributed by atoms with van der Waals surface area (Å²) < 4.78 is 15.0. The SMILES string of the molecule is Cc1cc(Br)c(C(=O)c2ccc(F)c(Br)c2)cc1Br. The van der Waals surface area contributed by atoms with E-state index in [-0.39, 0.29) is 16.1 Å². The van der Waals surface area contributed by atoms with Crippen LogP contribution in [0.1, 0.15) is 21.5 Å². The first kappa shape index (κ1) is 14.9. The highest BCUT2D eigenvalue weighted by atomic mass is 79.9. The molecule has 0 aromatic heterocycles. The summed E-state index contributed by atoms with van der Waals surface area (Å²) in [5.74, 6) is -0.547. The average Bonchev–Trinajstić information content (AvgIpc) is 2.36. The highest BCUT2D eigenvalue weighted by Gasteiger charge is 2.15. The maximum Gasteiger partial charge on any atom is 0.194 e. The van der Waals surface area contributed by atoms with Crippen molar-refractivity contribution in [2.75, 3.05) is 0 Å². The Balaban J connectivity index is 2.49. The van der Waals surface area contributed by atoms with Gasteiger partial charge in [-0.2, -0.15) is 0 Å². The molecule has 0 atom stereocenters.